The fraction of sp³-hybridized carbons (Fsp3) is 0.778. The molecule has 2 heteroatoms. The Balaban J connectivity index is 0.000000461. The molecule has 1 heterocycles. The van der Waals surface area contributed by atoms with Gasteiger partial charge < -0.3 is 10.2 Å². The maximum absolute atomic E-state index is 3.87. The van der Waals surface area contributed by atoms with Crippen LogP contribution >= 0.6 is 0 Å². The Kier molecular flexibility index (Phi) is 5.71. The molecule has 0 unspecified atom stereocenters. The van der Waals surface area contributed by atoms with E-state index in [2.05, 4.69) is 23.7 Å². The zero-order chi connectivity index (χ0) is 8.69. The number of nitrogens with zero attached hydrogens (tertiary/aromatic N) is 1. The molecule has 11 heavy (non-hydrogen) atoms. The van der Waals surface area contributed by atoms with Crippen molar-refractivity contribution < 1.29 is 0 Å². The smallest absolute Gasteiger partial charge is 0.0939 e. The van der Waals surface area contributed by atoms with Gasteiger partial charge >= 0.3 is 0 Å². The Morgan fingerprint density at radius 1 is 1.55 bits per heavy atom. The van der Waals surface area contributed by atoms with E-state index in [1.54, 1.807) is 0 Å². The lowest BCUT2D eigenvalue weighted by atomic mass is 10.4. The highest BCUT2D eigenvalue weighted by molar-refractivity contribution is 4.96. The second-order valence-corrected chi connectivity index (χ2v) is 2.36. The van der Waals surface area contributed by atoms with E-state index in [1.165, 1.54) is 6.42 Å². The Labute approximate surface area is 70.3 Å². The van der Waals surface area contributed by atoms with Crippen molar-refractivity contribution >= 4 is 0 Å². The minimum atomic E-state index is 1.07. The average molecular weight is 156 g/mol. The number of nitrogens with one attached hydrogen (secondary N) is 1. The Bertz CT molecular complexity index is 110. The zero-order valence-electron chi connectivity index (χ0n) is 7.98. The van der Waals surface area contributed by atoms with E-state index in [0.717, 1.165) is 25.5 Å². The third-order valence-corrected chi connectivity index (χ3v) is 1.59. The first-order chi connectivity index (χ1) is 5.34. The molecule has 0 spiro atoms. The molecular weight excluding hydrogens is 136 g/mol. The van der Waals surface area contributed by atoms with Gasteiger partial charge in [-0.3, -0.25) is 0 Å². The summed E-state index contributed by atoms with van der Waals surface area (Å²) in [5.41, 5.74) is 0. The van der Waals surface area contributed by atoms with Crippen LogP contribution < -0.4 is 5.32 Å². The van der Waals surface area contributed by atoms with Crippen LogP contribution in [0.25, 0.3) is 0 Å². The predicted molar refractivity (Wildman–Crippen MR) is 50.4 cm³/mol. The van der Waals surface area contributed by atoms with Gasteiger partial charge in [-0.2, -0.15) is 0 Å². The van der Waals surface area contributed by atoms with Gasteiger partial charge in [-0.05, 0) is 6.42 Å². The van der Waals surface area contributed by atoms with Crippen LogP contribution in [0, 0.1) is 0 Å². The van der Waals surface area contributed by atoms with Gasteiger partial charge in [0.15, 0.2) is 0 Å². The molecule has 0 aromatic rings. The number of hydrogen-bond donors (Lipinski definition) is 1. The zero-order valence-corrected chi connectivity index (χ0v) is 7.98. The molecule has 0 aromatic carbocycles. The molecule has 1 aliphatic heterocycles. The lowest BCUT2D eigenvalue weighted by Crippen LogP contribution is -2.19. The van der Waals surface area contributed by atoms with Crippen molar-refractivity contribution in [3.8, 4) is 0 Å². The van der Waals surface area contributed by atoms with Crippen LogP contribution in [0.3, 0.4) is 0 Å². The first kappa shape index (κ1) is 10.3. The summed E-state index contributed by atoms with van der Waals surface area (Å²) in [6.07, 6.45) is 1.21. The number of hydrogen-bond acceptors (Lipinski definition) is 2. The number of rotatable bonds is 2. The van der Waals surface area contributed by atoms with Crippen molar-refractivity contribution in [2.45, 2.75) is 27.2 Å². The first-order valence-electron chi connectivity index (χ1n) is 4.52. The molecule has 1 aliphatic rings. The largest absolute Gasteiger partial charge is 0.370 e. The Hall–Kier alpha value is -0.660. The van der Waals surface area contributed by atoms with Crippen molar-refractivity contribution in [3.05, 3.63) is 12.4 Å². The molecule has 0 aliphatic carbocycles. The van der Waals surface area contributed by atoms with Crippen molar-refractivity contribution in [1.82, 2.24) is 10.2 Å². The normalized spacial score (nSPS) is 15.5. The van der Waals surface area contributed by atoms with Gasteiger partial charge in [0.1, 0.15) is 0 Å². The van der Waals surface area contributed by atoms with Crippen LogP contribution in [0.4, 0.5) is 0 Å². The third-order valence-electron chi connectivity index (χ3n) is 1.59. The lowest BCUT2D eigenvalue weighted by molar-refractivity contribution is 0.396. The average Bonchev–Trinajstić information content (AvgIpc) is 2.42. The summed E-state index contributed by atoms with van der Waals surface area (Å²) >= 11 is 0. The van der Waals surface area contributed by atoms with Crippen LogP contribution in [0.5, 0.6) is 0 Å². The molecule has 1 rings (SSSR count). The molecule has 66 valence electrons. The lowest BCUT2D eigenvalue weighted by Gasteiger charge is -2.15. The second-order valence-electron chi connectivity index (χ2n) is 2.36. The monoisotopic (exact) mass is 156 g/mol. The maximum atomic E-state index is 3.87. The fourth-order valence-corrected chi connectivity index (χ4v) is 1.10. The summed E-state index contributed by atoms with van der Waals surface area (Å²) in [6.45, 7) is 13.4. The van der Waals surface area contributed by atoms with Crippen molar-refractivity contribution in [2.24, 2.45) is 0 Å². The topological polar surface area (TPSA) is 15.3 Å². The molecule has 0 saturated carbocycles. The van der Waals surface area contributed by atoms with E-state index in [9.17, 15) is 0 Å². The minimum absolute atomic E-state index is 1.07. The van der Waals surface area contributed by atoms with Gasteiger partial charge in [-0.15, -0.1) is 0 Å². The molecule has 0 bridgehead atoms. The van der Waals surface area contributed by atoms with Crippen LogP contribution in [0.2, 0.25) is 0 Å². The van der Waals surface area contributed by atoms with Crippen LogP contribution in [-0.2, 0) is 0 Å². The van der Waals surface area contributed by atoms with E-state index in [-0.39, 0.29) is 0 Å². The highest BCUT2D eigenvalue weighted by atomic mass is 15.3. The molecule has 2 nitrogen and oxygen atoms in total. The maximum Gasteiger partial charge on any atom is 0.0939 e. The summed E-state index contributed by atoms with van der Waals surface area (Å²) in [4.78, 5) is 2.28. The Morgan fingerprint density at radius 3 is 2.55 bits per heavy atom. The highest BCUT2D eigenvalue weighted by Gasteiger charge is 2.11. The van der Waals surface area contributed by atoms with Gasteiger partial charge in [0, 0.05) is 19.6 Å². The molecular formula is C9H20N2. The van der Waals surface area contributed by atoms with Crippen molar-refractivity contribution in [2.75, 3.05) is 19.6 Å². The highest BCUT2D eigenvalue weighted by Crippen LogP contribution is 2.03. The molecule has 0 atom stereocenters. The first-order valence-corrected chi connectivity index (χ1v) is 4.52. The Morgan fingerprint density at radius 2 is 2.18 bits per heavy atom. The summed E-state index contributed by atoms with van der Waals surface area (Å²) < 4.78 is 0. The molecule has 1 saturated heterocycles. The molecule has 1 fully saturated rings. The van der Waals surface area contributed by atoms with Crippen molar-refractivity contribution in [1.29, 1.82) is 0 Å². The molecule has 0 aromatic heterocycles. The quantitative estimate of drug-likeness (QED) is 0.656. The fourth-order valence-electron chi connectivity index (χ4n) is 1.10. The minimum Gasteiger partial charge on any atom is -0.370 e. The van der Waals surface area contributed by atoms with E-state index in [4.69, 9.17) is 0 Å². The predicted octanol–water partition coefficient (Wildman–Crippen LogP) is 1.80. The summed E-state index contributed by atoms with van der Waals surface area (Å²) in [5, 5.41) is 3.19. The third kappa shape index (κ3) is 3.30. The molecule has 0 amide bonds. The summed E-state index contributed by atoms with van der Waals surface area (Å²) in [5.74, 6) is 1.09. The SMILES string of the molecule is C=C1NCCN1CCC.CC. The van der Waals surface area contributed by atoms with Crippen LogP contribution in [-0.4, -0.2) is 24.5 Å². The van der Waals surface area contributed by atoms with Gasteiger partial charge in [0.25, 0.3) is 0 Å². The van der Waals surface area contributed by atoms with E-state index in [0.29, 0.717) is 0 Å². The van der Waals surface area contributed by atoms with E-state index >= 15 is 0 Å². The van der Waals surface area contributed by atoms with E-state index < -0.39 is 0 Å². The molecule has 1 N–H and O–H groups in total. The van der Waals surface area contributed by atoms with Gasteiger partial charge in [0.05, 0.1) is 5.82 Å². The van der Waals surface area contributed by atoms with Gasteiger partial charge in [0.2, 0.25) is 0 Å². The standard InChI is InChI=1S/C7H14N2.C2H6/c1-3-5-9-6-4-8-7(9)2;1-2/h8H,2-6H2,1H3;1-2H3. The van der Waals surface area contributed by atoms with Gasteiger partial charge in [-0.1, -0.05) is 27.4 Å². The summed E-state index contributed by atoms with van der Waals surface area (Å²) in [6, 6.07) is 0. The van der Waals surface area contributed by atoms with Crippen LogP contribution in [0.15, 0.2) is 12.4 Å². The second kappa shape index (κ2) is 6.08. The molecule has 0 radical (unpaired) electrons. The van der Waals surface area contributed by atoms with E-state index in [1.807, 2.05) is 13.8 Å². The van der Waals surface area contributed by atoms with Crippen LogP contribution in [0.1, 0.15) is 27.2 Å². The summed E-state index contributed by atoms with van der Waals surface area (Å²) in [7, 11) is 0. The van der Waals surface area contributed by atoms with Crippen molar-refractivity contribution in [3.63, 3.8) is 0 Å². The van der Waals surface area contributed by atoms with Gasteiger partial charge in [-0.25, -0.2) is 0 Å².